The van der Waals surface area contributed by atoms with Gasteiger partial charge in [0.05, 0.1) is 5.75 Å². The Morgan fingerprint density at radius 1 is 0.926 bits per heavy atom. The fraction of sp³-hybridized carbons (Fsp3) is 0.381. The van der Waals surface area contributed by atoms with E-state index in [9.17, 15) is 13.2 Å². The van der Waals surface area contributed by atoms with Gasteiger partial charge in [-0.1, -0.05) is 48.9 Å². The van der Waals surface area contributed by atoms with E-state index in [0.717, 1.165) is 24.8 Å². The minimum atomic E-state index is -3.29. The number of carbonyl (C=O) groups is 1. The van der Waals surface area contributed by atoms with Crippen LogP contribution in [0.15, 0.2) is 54.6 Å². The highest BCUT2D eigenvalue weighted by Crippen LogP contribution is 2.18. The summed E-state index contributed by atoms with van der Waals surface area (Å²) in [6.07, 6.45) is 2.96. The van der Waals surface area contributed by atoms with Gasteiger partial charge < -0.3 is 4.90 Å². The molecule has 0 saturated carbocycles. The van der Waals surface area contributed by atoms with Crippen molar-refractivity contribution in [2.45, 2.75) is 31.6 Å². The highest BCUT2D eigenvalue weighted by Gasteiger charge is 2.24. The number of piperidine rings is 1. The minimum absolute atomic E-state index is 0.0126. The van der Waals surface area contributed by atoms with Crippen LogP contribution in [0.25, 0.3) is 0 Å². The molecule has 144 valence electrons. The highest BCUT2D eigenvalue weighted by atomic mass is 32.2. The van der Waals surface area contributed by atoms with Crippen LogP contribution in [0.4, 0.5) is 0 Å². The fourth-order valence-electron chi connectivity index (χ4n) is 3.34. The maximum Gasteiger partial charge on any atom is 0.253 e. The zero-order valence-electron chi connectivity index (χ0n) is 15.7. The summed E-state index contributed by atoms with van der Waals surface area (Å²) in [5.41, 5.74) is 2.34. The maximum absolute atomic E-state index is 12.6. The van der Waals surface area contributed by atoms with Gasteiger partial charge in [0.2, 0.25) is 10.0 Å². The summed E-state index contributed by atoms with van der Waals surface area (Å²) < 4.78 is 26.7. The molecule has 1 heterocycles. The van der Waals surface area contributed by atoms with Gasteiger partial charge in [0.15, 0.2) is 0 Å². The van der Waals surface area contributed by atoms with Gasteiger partial charge >= 0.3 is 0 Å². The van der Waals surface area contributed by atoms with Crippen LogP contribution in [-0.2, 0) is 22.3 Å². The zero-order chi connectivity index (χ0) is 19.3. The lowest BCUT2D eigenvalue weighted by Gasteiger charge is -2.25. The Kier molecular flexibility index (Phi) is 6.29. The third-order valence-corrected chi connectivity index (χ3v) is 6.72. The van der Waals surface area contributed by atoms with Crippen LogP contribution in [0.5, 0.6) is 0 Å². The monoisotopic (exact) mass is 386 g/mol. The van der Waals surface area contributed by atoms with E-state index >= 15 is 0 Å². The summed E-state index contributed by atoms with van der Waals surface area (Å²) in [5.74, 6) is -0.0919. The number of sulfonamides is 1. The van der Waals surface area contributed by atoms with Crippen molar-refractivity contribution in [1.29, 1.82) is 0 Å². The number of amides is 1. The molecule has 0 radical (unpaired) electrons. The SMILES string of the molecule is CN(Cc1ccccc1)C(=O)c1ccc(CS(=O)(=O)N2CCCCC2)cc1. The van der Waals surface area contributed by atoms with Crippen molar-refractivity contribution < 1.29 is 13.2 Å². The predicted molar refractivity (Wildman–Crippen MR) is 107 cm³/mol. The molecule has 1 amide bonds. The van der Waals surface area contributed by atoms with Gasteiger partial charge in [-0.15, -0.1) is 0 Å². The first-order valence-corrected chi connectivity index (χ1v) is 10.9. The Bertz CT molecular complexity index is 858. The van der Waals surface area contributed by atoms with E-state index in [4.69, 9.17) is 0 Å². The quantitative estimate of drug-likeness (QED) is 0.766. The molecule has 0 aliphatic carbocycles. The topological polar surface area (TPSA) is 57.7 Å². The Balaban J connectivity index is 1.63. The Hall–Kier alpha value is -2.18. The second-order valence-electron chi connectivity index (χ2n) is 7.06. The predicted octanol–water partition coefficient (Wildman–Crippen LogP) is 3.27. The van der Waals surface area contributed by atoms with E-state index in [1.807, 2.05) is 30.3 Å². The highest BCUT2D eigenvalue weighted by molar-refractivity contribution is 7.88. The fourth-order valence-corrected chi connectivity index (χ4v) is 4.95. The van der Waals surface area contributed by atoms with Crippen LogP contribution < -0.4 is 0 Å². The Morgan fingerprint density at radius 2 is 1.56 bits per heavy atom. The van der Waals surface area contributed by atoms with Gasteiger partial charge in [-0.05, 0) is 36.1 Å². The van der Waals surface area contributed by atoms with Crippen LogP contribution in [0.1, 0.15) is 40.7 Å². The van der Waals surface area contributed by atoms with Gasteiger partial charge in [0, 0.05) is 32.2 Å². The van der Waals surface area contributed by atoms with Gasteiger partial charge in [0.25, 0.3) is 5.91 Å². The molecular formula is C21H26N2O3S. The van der Waals surface area contributed by atoms with E-state index in [0.29, 0.717) is 30.8 Å². The van der Waals surface area contributed by atoms with E-state index in [1.54, 1.807) is 40.5 Å². The maximum atomic E-state index is 12.6. The zero-order valence-corrected chi connectivity index (χ0v) is 16.5. The molecule has 1 fully saturated rings. The van der Waals surface area contributed by atoms with Crippen molar-refractivity contribution in [3.05, 3.63) is 71.3 Å². The molecule has 2 aromatic rings. The summed E-state index contributed by atoms with van der Waals surface area (Å²) >= 11 is 0. The van der Waals surface area contributed by atoms with Crippen LogP contribution in [-0.4, -0.2) is 43.7 Å². The average molecular weight is 387 g/mol. The number of benzene rings is 2. The molecule has 27 heavy (non-hydrogen) atoms. The molecule has 2 aromatic carbocycles. The standard InChI is InChI=1S/C21H26N2O3S/c1-22(16-18-8-4-2-5-9-18)21(24)20-12-10-19(11-13-20)17-27(25,26)23-14-6-3-7-15-23/h2,4-5,8-13H,3,6-7,14-17H2,1H3. The first kappa shape index (κ1) is 19.6. The van der Waals surface area contributed by atoms with Gasteiger partial charge in [-0.25, -0.2) is 12.7 Å². The molecule has 0 spiro atoms. The minimum Gasteiger partial charge on any atom is -0.337 e. The smallest absolute Gasteiger partial charge is 0.253 e. The molecule has 0 bridgehead atoms. The molecule has 1 saturated heterocycles. The molecule has 0 unspecified atom stereocenters. The molecule has 5 nitrogen and oxygen atoms in total. The lowest BCUT2D eigenvalue weighted by molar-refractivity contribution is 0.0785. The van der Waals surface area contributed by atoms with Crippen LogP contribution in [0.3, 0.4) is 0 Å². The number of hydrogen-bond acceptors (Lipinski definition) is 3. The lowest BCUT2D eigenvalue weighted by atomic mass is 10.1. The molecule has 0 aromatic heterocycles. The summed E-state index contributed by atoms with van der Waals surface area (Å²) in [4.78, 5) is 14.3. The third kappa shape index (κ3) is 5.17. The first-order chi connectivity index (χ1) is 13.0. The second-order valence-corrected chi connectivity index (χ2v) is 9.03. The molecule has 6 heteroatoms. The molecule has 0 N–H and O–H groups in total. The Morgan fingerprint density at radius 3 is 2.19 bits per heavy atom. The lowest BCUT2D eigenvalue weighted by Crippen LogP contribution is -2.36. The van der Waals surface area contributed by atoms with Gasteiger partial charge in [-0.3, -0.25) is 4.79 Å². The number of carbonyl (C=O) groups excluding carboxylic acids is 1. The summed E-state index contributed by atoms with van der Waals surface area (Å²) in [6, 6.07) is 16.7. The van der Waals surface area contributed by atoms with Crippen molar-refractivity contribution >= 4 is 15.9 Å². The first-order valence-electron chi connectivity index (χ1n) is 9.32. The van der Waals surface area contributed by atoms with Gasteiger partial charge in [0.1, 0.15) is 0 Å². The molecule has 1 aliphatic rings. The summed E-state index contributed by atoms with van der Waals surface area (Å²) in [7, 11) is -1.52. The Labute approximate surface area is 161 Å². The number of rotatable bonds is 6. The summed E-state index contributed by atoms with van der Waals surface area (Å²) in [6.45, 7) is 1.76. The van der Waals surface area contributed by atoms with Crippen molar-refractivity contribution in [2.24, 2.45) is 0 Å². The van der Waals surface area contributed by atoms with E-state index in [-0.39, 0.29) is 11.7 Å². The third-order valence-electron chi connectivity index (χ3n) is 4.87. The largest absolute Gasteiger partial charge is 0.337 e. The number of hydrogen-bond donors (Lipinski definition) is 0. The number of nitrogens with zero attached hydrogens (tertiary/aromatic N) is 2. The van der Waals surface area contributed by atoms with E-state index < -0.39 is 10.0 Å². The van der Waals surface area contributed by atoms with Gasteiger partial charge in [-0.2, -0.15) is 0 Å². The van der Waals surface area contributed by atoms with Crippen molar-refractivity contribution in [3.63, 3.8) is 0 Å². The van der Waals surface area contributed by atoms with Crippen molar-refractivity contribution in [1.82, 2.24) is 9.21 Å². The normalized spacial score (nSPS) is 15.4. The molecule has 3 rings (SSSR count). The van der Waals surface area contributed by atoms with Crippen molar-refractivity contribution in [2.75, 3.05) is 20.1 Å². The van der Waals surface area contributed by atoms with Crippen molar-refractivity contribution in [3.8, 4) is 0 Å². The van der Waals surface area contributed by atoms with E-state index in [1.165, 1.54) is 0 Å². The summed E-state index contributed by atoms with van der Waals surface area (Å²) in [5, 5.41) is 0. The molecule has 1 aliphatic heterocycles. The molecular weight excluding hydrogens is 360 g/mol. The van der Waals surface area contributed by atoms with E-state index in [2.05, 4.69) is 0 Å². The van der Waals surface area contributed by atoms with Crippen LogP contribution >= 0.6 is 0 Å². The van der Waals surface area contributed by atoms with Crippen LogP contribution in [0.2, 0.25) is 0 Å². The molecule has 0 atom stereocenters. The average Bonchev–Trinajstić information content (AvgIpc) is 2.69. The van der Waals surface area contributed by atoms with Crippen LogP contribution in [0, 0.1) is 0 Å². The second kappa shape index (κ2) is 8.67.